The van der Waals surface area contributed by atoms with E-state index in [-0.39, 0.29) is 42.4 Å². The van der Waals surface area contributed by atoms with Crippen LogP contribution in [-0.2, 0) is 22.6 Å². The predicted octanol–water partition coefficient (Wildman–Crippen LogP) is 10.8. The Labute approximate surface area is 318 Å². The molecule has 1 amide bonds. The number of amides is 1. The largest absolute Gasteiger partial charge is 0.514 e. The van der Waals surface area contributed by atoms with E-state index in [2.05, 4.69) is 19.2 Å². The molecule has 4 aromatic carbocycles. The zero-order chi connectivity index (χ0) is 38.7. The maximum atomic E-state index is 13.1. The van der Waals surface area contributed by atoms with E-state index in [0.717, 1.165) is 31.2 Å². The van der Waals surface area contributed by atoms with Crippen molar-refractivity contribution >= 4 is 28.8 Å². The number of hydrogen-bond acceptors (Lipinski definition) is 8. The van der Waals surface area contributed by atoms with Gasteiger partial charge in [-0.3, -0.25) is 9.59 Å². The lowest BCUT2D eigenvalue weighted by molar-refractivity contribution is -0.136. The van der Waals surface area contributed by atoms with E-state index in [4.69, 9.17) is 19.3 Å². The van der Waals surface area contributed by atoms with E-state index in [1.807, 2.05) is 0 Å². The van der Waals surface area contributed by atoms with E-state index in [1.165, 1.54) is 63.5 Å². The molecule has 54 heavy (non-hydrogen) atoms. The number of aromatic hydroxyl groups is 2. The standard InChI is InChI=1S/C44H55NO9/c1-3-5-7-9-10-12-18-31(17-11-8-6-4-2)27-33-28-34(46)23-24-39(33)54-44(51)52-30-32-19-13-16-22-38(32)53-40-29-37(43(50)45-26-25-41(47)48)42(49)36-21-15-14-20-35(36)40/h13-16,19-24,28-29,31,46,49H,3-12,17-18,25-27,30H2,1-2H3,(H,45,50)(H,47,48). The highest BCUT2D eigenvalue weighted by Crippen LogP contribution is 2.39. The van der Waals surface area contributed by atoms with Gasteiger partial charge in [-0.15, -0.1) is 0 Å². The van der Waals surface area contributed by atoms with Gasteiger partial charge in [-0.2, -0.15) is 0 Å². The first-order valence-corrected chi connectivity index (χ1v) is 19.4. The summed E-state index contributed by atoms with van der Waals surface area (Å²) in [7, 11) is 0. The molecule has 0 spiro atoms. The van der Waals surface area contributed by atoms with Crippen LogP contribution < -0.4 is 14.8 Å². The van der Waals surface area contributed by atoms with Crippen LogP contribution in [0.25, 0.3) is 10.8 Å². The zero-order valence-electron chi connectivity index (χ0n) is 31.6. The molecule has 1 atom stereocenters. The minimum absolute atomic E-state index is 0.0775. The Hall–Kier alpha value is -5.25. The molecule has 4 rings (SSSR count). The third-order valence-electron chi connectivity index (χ3n) is 9.56. The molecular weight excluding hydrogens is 686 g/mol. The fourth-order valence-electron chi connectivity index (χ4n) is 6.62. The lowest BCUT2D eigenvalue weighted by Crippen LogP contribution is -2.26. The molecule has 0 saturated heterocycles. The number of hydrogen-bond donors (Lipinski definition) is 4. The molecule has 0 saturated carbocycles. The van der Waals surface area contributed by atoms with E-state index >= 15 is 0 Å². The normalized spacial score (nSPS) is 11.6. The summed E-state index contributed by atoms with van der Waals surface area (Å²) in [5.41, 5.74) is 1.21. The summed E-state index contributed by atoms with van der Waals surface area (Å²) in [4.78, 5) is 37.0. The van der Waals surface area contributed by atoms with Crippen molar-refractivity contribution in [2.45, 2.75) is 110 Å². The lowest BCUT2D eigenvalue weighted by Gasteiger charge is -2.19. The Balaban J connectivity index is 1.46. The molecule has 290 valence electrons. The number of phenolic OH excluding ortho intramolecular Hbond substituents is 2. The molecule has 0 aliphatic rings. The summed E-state index contributed by atoms with van der Waals surface area (Å²) in [6, 6.07) is 20.0. The average molecular weight is 742 g/mol. The molecular formula is C44H55NO9. The van der Waals surface area contributed by atoms with Crippen molar-refractivity contribution in [2.75, 3.05) is 6.54 Å². The Bertz CT molecular complexity index is 1820. The van der Waals surface area contributed by atoms with Crippen LogP contribution in [0.15, 0.2) is 72.8 Å². The van der Waals surface area contributed by atoms with Gasteiger partial charge in [0, 0.05) is 22.9 Å². The molecule has 10 heteroatoms. The second-order valence-electron chi connectivity index (χ2n) is 13.8. The van der Waals surface area contributed by atoms with Crippen LogP contribution in [0.2, 0.25) is 0 Å². The second kappa shape index (κ2) is 22.1. The summed E-state index contributed by atoms with van der Waals surface area (Å²) in [5.74, 6) is -0.479. The van der Waals surface area contributed by atoms with Gasteiger partial charge in [0.2, 0.25) is 0 Å². The molecule has 10 nitrogen and oxygen atoms in total. The molecule has 0 aliphatic heterocycles. The highest BCUT2D eigenvalue weighted by atomic mass is 16.7. The molecule has 0 radical (unpaired) electrons. The number of unbranched alkanes of at least 4 members (excludes halogenated alkanes) is 8. The highest BCUT2D eigenvalue weighted by Gasteiger charge is 2.21. The molecule has 0 bridgehead atoms. The molecule has 1 unspecified atom stereocenters. The summed E-state index contributed by atoms with van der Waals surface area (Å²) in [6.07, 6.45) is 13.8. The molecule has 0 aromatic heterocycles. The number of benzene rings is 4. The highest BCUT2D eigenvalue weighted by molar-refractivity contribution is 6.06. The Morgan fingerprint density at radius 3 is 2.07 bits per heavy atom. The van der Waals surface area contributed by atoms with Crippen molar-refractivity contribution in [1.29, 1.82) is 0 Å². The average Bonchev–Trinajstić information content (AvgIpc) is 3.16. The van der Waals surface area contributed by atoms with Crippen LogP contribution in [0.4, 0.5) is 4.79 Å². The predicted molar refractivity (Wildman–Crippen MR) is 210 cm³/mol. The van der Waals surface area contributed by atoms with Crippen LogP contribution in [0.1, 0.15) is 119 Å². The Morgan fingerprint density at radius 1 is 0.704 bits per heavy atom. The molecule has 4 aromatic rings. The number of ether oxygens (including phenoxy) is 3. The van der Waals surface area contributed by atoms with Crippen LogP contribution >= 0.6 is 0 Å². The van der Waals surface area contributed by atoms with Gasteiger partial charge >= 0.3 is 12.1 Å². The monoisotopic (exact) mass is 741 g/mol. The maximum absolute atomic E-state index is 13.1. The lowest BCUT2D eigenvalue weighted by atomic mass is 9.88. The summed E-state index contributed by atoms with van der Waals surface area (Å²) >= 11 is 0. The number of aliphatic carboxylic acids is 1. The number of nitrogens with one attached hydrogen (secondary N) is 1. The topological polar surface area (TPSA) is 152 Å². The van der Waals surface area contributed by atoms with Crippen LogP contribution in [0.3, 0.4) is 0 Å². The first-order valence-electron chi connectivity index (χ1n) is 19.4. The first-order chi connectivity index (χ1) is 26.2. The van der Waals surface area contributed by atoms with Crippen molar-refractivity contribution in [2.24, 2.45) is 5.92 Å². The molecule has 0 heterocycles. The van der Waals surface area contributed by atoms with Crippen LogP contribution in [0.5, 0.6) is 28.7 Å². The first kappa shape index (κ1) is 41.5. The second-order valence-corrected chi connectivity index (χ2v) is 13.8. The quantitative estimate of drug-likeness (QED) is 0.0331. The summed E-state index contributed by atoms with van der Waals surface area (Å²) in [5, 5.41) is 33.7. The smallest absolute Gasteiger partial charge is 0.508 e. The van der Waals surface area contributed by atoms with Gasteiger partial charge in [0.1, 0.15) is 35.4 Å². The minimum Gasteiger partial charge on any atom is -0.508 e. The number of carbonyl (C=O) groups excluding carboxylic acids is 2. The van der Waals surface area contributed by atoms with Gasteiger partial charge in [-0.1, -0.05) is 133 Å². The van der Waals surface area contributed by atoms with Crippen LogP contribution in [0, 0.1) is 5.92 Å². The SMILES string of the molecule is CCCCCCCCC(CCCCCC)Cc1cc(O)ccc1OC(=O)OCc1ccccc1Oc1cc(C(=O)NCCC(=O)O)c(O)c2ccccc12. The van der Waals surface area contributed by atoms with E-state index in [0.29, 0.717) is 40.2 Å². The van der Waals surface area contributed by atoms with Crippen LogP contribution in [-0.4, -0.2) is 39.9 Å². The number of para-hydroxylation sites is 1. The van der Waals surface area contributed by atoms with E-state index < -0.39 is 18.0 Å². The van der Waals surface area contributed by atoms with Gasteiger partial charge in [-0.05, 0) is 48.2 Å². The minimum atomic E-state index is -1.06. The number of phenols is 2. The molecule has 0 aliphatic carbocycles. The van der Waals surface area contributed by atoms with E-state index in [1.54, 1.807) is 60.7 Å². The summed E-state index contributed by atoms with van der Waals surface area (Å²) in [6.45, 7) is 4.14. The van der Waals surface area contributed by atoms with Crippen molar-refractivity contribution in [3.63, 3.8) is 0 Å². The van der Waals surface area contributed by atoms with Crippen molar-refractivity contribution in [3.05, 3.63) is 89.5 Å². The Kier molecular flexibility index (Phi) is 17.0. The number of carbonyl (C=O) groups is 3. The van der Waals surface area contributed by atoms with Gasteiger partial charge in [0.15, 0.2) is 0 Å². The van der Waals surface area contributed by atoms with Crippen molar-refractivity contribution < 1.29 is 43.9 Å². The van der Waals surface area contributed by atoms with Gasteiger partial charge in [0.05, 0.1) is 12.0 Å². The summed E-state index contributed by atoms with van der Waals surface area (Å²) < 4.78 is 17.6. The Morgan fingerprint density at radius 2 is 1.35 bits per heavy atom. The maximum Gasteiger partial charge on any atom is 0.514 e. The van der Waals surface area contributed by atoms with Gasteiger partial charge < -0.3 is 34.8 Å². The third kappa shape index (κ3) is 13.0. The number of carboxylic acid groups (broad SMARTS) is 1. The van der Waals surface area contributed by atoms with Gasteiger partial charge in [-0.25, -0.2) is 4.79 Å². The number of rotatable bonds is 23. The van der Waals surface area contributed by atoms with Crippen molar-refractivity contribution in [3.8, 4) is 28.7 Å². The molecule has 0 fully saturated rings. The third-order valence-corrected chi connectivity index (χ3v) is 9.56. The zero-order valence-corrected chi connectivity index (χ0v) is 31.6. The van der Waals surface area contributed by atoms with Gasteiger partial charge in [0.25, 0.3) is 5.91 Å². The number of fused-ring (bicyclic) bond motifs is 1. The number of carboxylic acids is 1. The van der Waals surface area contributed by atoms with Crippen molar-refractivity contribution in [1.82, 2.24) is 5.32 Å². The molecule has 4 N–H and O–H groups in total. The fraction of sp³-hybridized carbons (Fsp3) is 0.432. The fourth-order valence-corrected chi connectivity index (χ4v) is 6.62. The van der Waals surface area contributed by atoms with E-state index in [9.17, 15) is 24.6 Å².